The Morgan fingerprint density at radius 2 is 2.09 bits per heavy atom. The molecule has 0 saturated carbocycles. The van der Waals surface area contributed by atoms with Gasteiger partial charge >= 0.3 is 6.09 Å². The van der Waals surface area contributed by atoms with E-state index in [4.69, 9.17) is 4.74 Å². The topological polar surface area (TPSA) is 89.5 Å². The molecule has 1 atom stereocenters. The van der Waals surface area contributed by atoms with Crippen LogP contribution in [0.1, 0.15) is 45.2 Å². The normalized spacial score (nSPS) is 19.5. The summed E-state index contributed by atoms with van der Waals surface area (Å²) in [5.74, 6) is -0.0141. The van der Waals surface area contributed by atoms with E-state index in [0.717, 1.165) is 19.1 Å². The molecule has 1 unspecified atom stereocenters. The molecular formula is C15H23N3O4S. The van der Waals surface area contributed by atoms with Gasteiger partial charge in [-0.15, -0.1) is 0 Å². The molecule has 1 amide bonds. The molecule has 1 aliphatic rings. The summed E-state index contributed by atoms with van der Waals surface area (Å²) in [6, 6.07) is 1.71. The molecule has 2 heterocycles. The van der Waals surface area contributed by atoms with Crippen LogP contribution in [0.4, 0.5) is 4.79 Å². The third kappa shape index (κ3) is 4.89. The van der Waals surface area contributed by atoms with E-state index in [1.807, 2.05) is 20.8 Å². The summed E-state index contributed by atoms with van der Waals surface area (Å²) >= 11 is 0. The number of piperidine rings is 1. The minimum atomic E-state index is -3.45. The lowest BCUT2D eigenvalue weighted by Crippen LogP contribution is -2.42. The number of amides is 1. The van der Waals surface area contributed by atoms with Crippen molar-refractivity contribution in [1.82, 2.24) is 14.9 Å². The molecule has 23 heavy (non-hydrogen) atoms. The van der Waals surface area contributed by atoms with Gasteiger partial charge in [0.2, 0.25) is 15.0 Å². The molecule has 7 nitrogen and oxygen atoms in total. The molecule has 2 rings (SSSR count). The molecule has 1 fully saturated rings. The fraction of sp³-hybridized carbons (Fsp3) is 0.667. The van der Waals surface area contributed by atoms with Crippen molar-refractivity contribution in [3.05, 3.63) is 18.0 Å². The van der Waals surface area contributed by atoms with Crippen LogP contribution in [0.5, 0.6) is 0 Å². The summed E-state index contributed by atoms with van der Waals surface area (Å²) in [4.78, 5) is 21.8. The van der Waals surface area contributed by atoms with Crippen molar-refractivity contribution in [3.63, 3.8) is 0 Å². The number of rotatable bonds is 2. The molecule has 0 bridgehead atoms. The molecule has 0 N–H and O–H groups in total. The Hall–Kier alpha value is -1.70. The smallest absolute Gasteiger partial charge is 0.410 e. The van der Waals surface area contributed by atoms with Gasteiger partial charge in [-0.25, -0.2) is 23.2 Å². The lowest BCUT2D eigenvalue weighted by atomic mass is 9.95. The highest BCUT2D eigenvalue weighted by Gasteiger charge is 2.29. The van der Waals surface area contributed by atoms with E-state index in [0.29, 0.717) is 18.8 Å². The monoisotopic (exact) mass is 341 g/mol. The Morgan fingerprint density at radius 3 is 2.70 bits per heavy atom. The first-order valence-corrected chi connectivity index (χ1v) is 9.46. The number of hydrogen-bond donors (Lipinski definition) is 0. The zero-order chi connectivity index (χ0) is 17.3. The zero-order valence-electron chi connectivity index (χ0n) is 13.9. The van der Waals surface area contributed by atoms with Gasteiger partial charge in [-0.3, -0.25) is 0 Å². The molecule has 128 valence electrons. The number of sulfone groups is 1. The zero-order valence-corrected chi connectivity index (χ0v) is 14.8. The number of aromatic nitrogens is 2. The second kappa shape index (κ2) is 6.43. The van der Waals surface area contributed by atoms with E-state index in [1.54, 1.807) is 11.0 Å². The van der Waals surface area contributed by atoms with Gasteiger partial charge < -0.3 is 9.64 Å². The Morgan fingerprint density at radius 1 is 1.39 bits per heavy atom. The van der Waals surface area contributed by atoms with E-state index >= 15 is 0 Å². The maximum atomic E-state index is 12.2. The second-order valence-corrected chi connectivity index (χ2v) is 8.71. The Labute approximate surface area is 137 Å². The number of likely N-dealkylation sites (tertiary alicyclic amines) is 1. The van der Waals surface area contributed by atoms with Gasteiger partial charge in [0.15, 0.2) is 0 Å². The molecule has 0 spiro atoms. The average molecular weight is 341 g/mol. The van der Waals surface area contributed by atoms with Gasteiger partial charge in [0.1, 0.15) is 5.60 Å². The maximum Gasteiger partial charge on any atom is 0.410 e. The van der Waals surface area contributed by atoms with E-state index in [1.165, 1.54) is 6.20 Å². The minimum Gasteiger partial charge on any atom is -0.444 e. The number of nitrogens with zero attached hydrogens (tertiary/aromatic N) is 3. The van der Waals surface area contributed by atoms with Crippen molar-refractivity contribution >= 4 is 15.9 Å². The van der Waals surface area contributed by atoms with Gasteiger partial charge in [0.25, 0.3) is 0 Å². The Kier molecular flexibility index (Phi) is 4.93. The molecular weight excluding hydrogens is 318 g/mol. The van der Waals surface area contributed by atoms with E-state index in [2.05, 4.69) is 9.97 Å². The quantitative estimate of drug-likeness (QED) is 0.764. The highest BCUT2D eigenvalue weighted by Crippen LogP contribution is 2.27. The predicted molar refractivity (Wildman–Crippen MR) is 84.9 cm³/mol. The van der Waals surface area contributed by atoms with Crippen molar-refractivity contribution in [2.24, 2.45) is 0 Å². The summed E-state index contributed by atoms with van der Waals surface area (Å²) in [5.41, 5.74) is 0.108. The standard InChI is InChI=1S/C15H23N3O4S/c1-15(2,3)22-14(19)18-9-5-6-11(10-18)12-7-8-16-13(17-12)23(4,20)21/h7-8,11H,5-6,9-10H2,1-4H3. The number of carbonyl (C=O) groups is 1. The van der Waals surface area contributed by atoms with Crippen LogP contribution in [-0.4, -0.2) is 54.3 Å². The summed E-state index contributed by atoms with van der Waals surface area (Å²) in [7, 11) is -3.45. The van der Waals surface area contributed by atoms with Gasteiger partial charge in [-0.2, -0.15) is 0 Å². The molecule has 0 aliphatic carbocycles. The van der Waals surface area contributed by atoms with Gasteiger partial charge in [-0.05, 0) is 39.7 Å². The van der Waals surface area contributed by atoms with E-state index < -0.39 is 15.4 Å². The van der Waals surface area contributed by atoms with Crippen LogP contribution >= 0.6 is 0 Å². The fourth-order valence-corrected chi connectivity index (χ4v) is 2.99. The summed E-state index contributed by atoms with van der Waals surface area (Å²) in [5, 5.41) is -0.176. The van der Waals surface area contributed by atoms with Crippen LogP contribution in [0.3, 0.4) is 0 Å². The third-order valence-corrected chi connectivity index (χ3v) is 4.34. The van der Waals surface area contributed by atoms with Crippen molar-refractivity contribution < 1.29 is 17.9 Å². The molecule has 1 aliphatic heterocycles. The SMILES string of the molecule is CC(C)(C)OC(=O)N1CCCC(c2ccnc(S(C)(=O)=O)n2)C1. The van der Waals surface area contributed by atoms with Gasteiger partial charge in [-0.1, -0.05) is 0 Å². The highest BCUT2D eigenvalue weighted by molar-refractivity contribution is 7.90. The molecule has 1 aromatic rings. The van der Waals surface area contributed by atoms with Crippen molar-refractivity contribution in [2.75, 3.05) is 19.3 Å². The van der Waals surface area contributed by atoms with E-state index in [9.17, 15) is 13.2 Å². The first-order chi connectivity index (χ1) is 10.6. The van der Waals surface area contributed by atoms with Crippen LogP contribution in [0.25, 0.3) is 0 Å². The van der Waals surface area contributed by atoms with Crippen molar-refractivity contribution in [1.29, 1.82) is 0 Å². The first-order valence-electron chi connectivity index (χ1n) is 7.57. The van der Waals surface area contributed by atoms with Crippen molar-refractivity contribution in [2.45, 2.75) is 50.3 Å². The number of ether oxygens (including phenoxy) is 1. The average Bonchev–Trinajstić information content (AvgIpc) is 2.45. The Bertz CT molecular complexity index is 682. The van der Waals surface area contributed by atoms with Crippen LogP contribution < -0.4 is 0 Å². The van der Waals surface area contributed by atoms with Crippen molar-refractivity contribution in [3.8, 4) is 0 Å². The second-order valence-electron chi connectivity index (χ2n) is 6.80. The fourth-order valence-electron chi connectivity index (χ4n) is 2.47. The lowest BCUT2D eigenvalue weighted by Gasteiger charge is -2.33. The maximum absolute atomic E-state index is 12.2. The molecule has 1 saturated heterocycles. The molecule has 1 aromatic heterocycles. The molecule has 0 radical (unpaired) electrons. The Balaban J connectivity index is 2.14. The van der Waals surface area contributed by atoms with Crippen LogP contribution in [0, 0.1) is 0 Å². The highest BCUT2D eigenvalue weighted by atomic mass is 32.2. The van der Waals surface area contributed by atoms with E-state index in [-0.39, 0.29) is 17.2 Å². The predicted octanol–water partition coefficient (Wildman–Crippen LogP) is 1.99. The van der Waals surface area contributed by atoms with Crippen LogP contribution in [0.2, 0.25) is 0 Å². The minimum absolute atomic E-state index is 0.0141. The first kappa shape index (κ1) is 17.7. The largest absolute Gasteiger partial charge is 0.444 e. The number of carbonyl (C=O) groups excluding carboxylic acids is 1. The summed E-state index contributed by atoms with van der Waals surface area (Å²) in [6.07, 6.45) is 3.85. The van der Waals surface area contributed by atoms with Crippen LogP contribution in [0.15, 0.2) is 17.4 Å². The number of hydrogen-bond acceptors (Lipinski definition) is 6. The molecule has 0 aromatic carbocycles. The molecule has 8 heteroatoms. The van der Waals surface area contributed by atoms with Gasteiger partial charge in [0.05, 0.1) is 0 Å². The lowest BCUT2D eigenvalue weighted by molar-refractivity contribution is 0.0197. The summed E-state index contributed by atoms with van der Waals surface area (Å²) < 4.78 is 28.6. The third-order valence-electron chi connectivity index (χ3n) is 3.48. The van der Waals surface area contributed by atoms with Crippen LogP contribution in [-0.2, 0) is 14.6 Å². The van der Waals surface area contributed by atoms with Gasteiger partial charge in [0, 0.05) is 37.2 Å². The summed E-state index contributed by atoms with van der Waals surface area (Å²) in [6.45, 7) is 6.59.